The monoisotopic (exact) mass is 393 g/mol. The molecule has 1 amide bonds. The zero-order valence-corrected chi connectivity index (χ0v) is 15.0. The molecule has 10 heteroatoms. The summed E-state index contributed by atoms with van der Waals surface area (Å²) in [5.74, 6) is -0.307. The maximum absolute atomic E-state index is 13.0. The first kappa shape index (κ1) is 18.3. The molecule has 28 heavy (non-hydrogen) atoms. The van der Waals surface area contributed by atoms with Crippen LogP contribution in [-0.2, 0) is 19.5 Å². The predicted octanol–water partition coefficient (Wildman–Crippen LogP) is 2.82. The number of rotatable bonds is 4. The molecule has 0 spiro atoms. The number of aromatic nitrogens is 4. The number of nitrogens with zero attached hydrogens (tertiary/aromatic N) is 3. The third-order valence-corrected chi connectivity index (χ3v) is 4.97. The van der Waals surface area contributed by atoms with E-state index in [9.17, 15) is 18.0 Å². The molecule has 1 aliphatic heterocycles. The van der Waals surface area contributed by atoms with Crippen LogP contribution in [0.25, 0.3) is 10.9 Å². The minimum atomic E-state index is -4.26. The van der Waals surface area contributed by atoms with Crippen LogP contribution in [0.15, 0.2) is 24.3 Å². The number of methoxy groups -OCH3 is 1. The zero-order chi connectivity index (χ0) is 19.9. The standard InChI is InChI=1S/C18H18F3N5O2/c1-28-12-4-2-10-6-14(23-13(10)7-12)17(27)22-8-16-25-24-15-5-3-11(9-26(15)16)18(19,20)21/h2,4,6-7,11,23H,3,5,8-9H2,1H3,(H,22,27)/t11-/m1/s1. The summed E-state index contributed by atoms with van der Waals surface area (Å²) in [4.78, 5) is 15.5. The summed E-state index contributed by atoms with van der Waals surface area (Å²) in [6.07, 6.45) is -4.03. The second kappa shape index (κ2) is 6.84. The highest BCUT2D eigenvalue weighted by Crippen LogP contribution is 2.34. The molecule has 0 saturated heterocycles. The van der Waals surface area contributed by atoms with Gasteiger partial charge in [0.15, 0.2) is 5.82 Å². The third kappa shape index (κ3) is 3.41. The van der Waals surface area contributed by atoms with Crippen LogP contribution in [-0.4, -0.2) is 38.9 Å². The fourth-order valence-electron chi connectivity index (χ4n) is 3.39. The Morgan fingerprint density at radius 3 is 2.93 bits per heavy atom. The Labute approximate surface area is 157 Å². The van der Waals surface area contributed by atoms with E-state index in [-0.39, 0.29) is 31.8 Å². The molecule has 7 nitrogen and oxygen atoms in total. The summed E-state index contributed by atoms with van der Waals surface area (Å²) < 4.78 is 45.7. The number of aryl methyl sites for hydroxylation is 1. The first-order valence-electron chi connectivity index (χ1n) is 8.78. The molecular weight excluding hydrogens is 375 g/mol. The second-order valence-corrected chi connectivity index (χ2v) is 6.74. The van der Waals surface area contributed by atoms with Crippen molar-refractivity contribution in [3.63, 3.8) is 0 Å². The number of fused-ring (bicyclic) bond motifs is 2. The molecule has 0 unspecified atom stereocenters. The normalized spacial score (nSPS) is 16.8. The largest absolute Gasteiger partial charge is 0.497 e. The molecule has 0 aliphatic carbocycles. The molecule has 3 heterocycles. The van der Waals surface area contributed by atoms with E-state index in [1.165, 1.54) is 4.57 Å². The molecule has 1 aliphatic rings. The number of H-pyrrole nitrogens is 1. The van der Waals surface area contributed by atoms with E-state index >= 15 is 0 Å². The number of aromatic amines is 1. The summed E-state index contributed by atoms with van der Waals surface area (Å²) >= 11 is 0. The van der Waals surface area contributed by atoms with E-state index in [0.717, 1.165) is 10.9 Å². The van der Waals surface area contributed by atoms with Crippen LogP contribution in [0, 0.1) is 5.92 Å². The summed E-state index contributed by atoms with van der Waals surface area (Å²) in [5.41, 5.74) is 1.09. The Bertz CT molecular complexity index is 1020. The van der Waals surface area contributed by atoms with Gasteiger partial charge in [-0.1, -0.05) is 0 Å². The molecule has 1 aromatic carbocycles. The van der Waals surface area contributed by atoms with E-state index < -0.39 is 12.1 Å². The van der Waals surface area contributed by atoms with Crippen LogP contribution in [0.3, 0.4) is 0 Å². The van der Waals surface area contributed by atoms with Gasteiger partial charge in [-0.2, -0.15) is 13.2 Å². The number of halogens is 3. The summed E-state index contributed by atoms with van der Waals surface area (Å²) in [5, 5.41) is 11.4. The van der Waals surface area contributed by atoms with Crippen molar-refractivity contribution < 1.29 is 22.7 Å². The lowest BCUT2D eigenvalue weighted by Gasteiger charge is -2.26. The SMILES string of the molecule is COc1ccc2cc(C(=O)NCc3nnc4n3C[C@H](C(F)(F)F)CC4)[nH]c2c1. The lowest BCUT2D eigenvalue weighted by atomic mass is 9.99. The fraction of sp³-hybridized carbons (Fsp3) is 0.389. The van der Waals surface area contributed by atoms with Crippen LogP contribution >= 0.6 is 0 Å². The van der Waals surface area contributed by atoms with Crippen molar-refractivity contribution in [1.82, 2.24) is 25.1 Å². The molecule has 0 bridgehead atoms. The van der Waals surface area contributed by atoms with Crippen LogP contribution in [0.1, 0.15) is 28.6 Å². The number of benzene rings is 1. The molecule has 4 rings (SSSR count). The summed E-state index contributed by atoms with van der Waals surface area (Å²) in [6, 6.07) is 7.09. The van der Waals surface area contributed by atoms with Crippen LogP contribution < -0.4 is 10.1 Å². The van der Waals surface area contributed by atoms with Gasteiger partial charge in [-0.15, -0.1) is 10.2 Å². The van der Waals surface area contributed by atoms with E-state index in [1.807, 2.05) is 6.07 Å². The lowest BCUT2D eigenvalue weighted by Crippen LogP contribution is -2.34. The molecule has 2 aromatic heterocycles. The van der Waals surface area contributed by atoms with Crippen molar-refractivity contribution in [2.75, 3.05) is 7.11 Å². The summed E-state index contributed by atoms with van der Waals surface area (Å²) in [7, 11) is 1.56. The highest BCUT2D eigenvalue weighted by atomic mass is 19.4. The maximum atomic E-state index is 13.0. The highest BCUT2D eigenvalue weighted by Gasteiger charge is 2.42. The number of ether oxygens (including phenoxy) is 1. The number of amides is 1. The topological polar surface area (TPSA) is 84.8 Å². The lowest BCUT2D eigenvalue weighted by molar-refractivity contribution is -0.182. The number of carbonyl (C=O) groups is 1. The van der Waals surface area contributed by atoms with E-state index in [2.05, 4.69) is 20.5 Å². The highest BCUT2D eigenvalue weighted by molar-refractivity contribution is 5.98. The van der Waals surface area contributed by atoms with Gasteiger partial charge in [0.25, 0.3) is 5.91 Å². The Kier molecular flexibility index (Phi) is 4.48. The zero-order valence-electron chi connectivity index (χ0n) is 15.0. The van der Waals surface area contributed by atoms with Crippen molar-refractivity contribution in [2.24, 2.45) is 5.92 Å². The van der Waals surface area contributed by atoms with Crippen molar-refractivity contribution in [1.29, 1.82) is 0 Å². The van der Waals surface area contributed by atoms with Gasteiger partial charge in [0.2, 0.25) is 0 Å². The first-order chi connectivity index (χ1) is 13.3. The number of nitrogens with one attached hydrogen (secondary N) is 2. The number of carbonyl (C=O) groups excluding carboxylic acids is 1. The second-order valence-electron chi connectivity index (χ2n) is 6.74. The number of alkyl halides is 3. The van der Waals surface area contributed by atoms with Gasteiger partial charge in [0.05, 0.1) is 19.6 Å². The summed E-state index contributed by atoms with van der Waals surface area (Å²) in [6.45, 7) is -0.224. The van der Waals surface area contributed by atoms with E-state index in [1.54, 1.807) is 25.3 Å². The van der Waals surface area contributed by atoms with Crippen molar-refractivity contribution in [3.05, 3.63) is 41.6 Å². The molecule has 148 valence electrons. The Balaban J connectivity index is 1.47. The quantitative estimate of drug-likeness (QED) is 0.714. The van der Waals surface area contributed by atoms with E-state index in [0.29, 0.717) is 23.1 Å². The maximum Gasteiger partial charge on any atom is 0.393 e. The van der Waals surface area contributed by atoms with Crippen molar-refractivity contribution in [3.8, 4) is 5.75 Å². The average Bonchev–Trinajstić information content (AvgIpc) is 3.28. The van der Waals surface area contributed by atoms with Crippen LogP contribution in [0.2, 0.25) is 0 Å². The molecule has 0 radical (unpaired) electrons. The molecule has 0 saturated carbocycles. The molecular formula is C18H18F3N5O2. The third-order valence-electron chi connectivity index (χ3n) is 4.97. The van der Waals surface area contributed by atoms with Gasteiger partial charge in [-0.05, 0) is 24.6 Å². The van der Waals surface area contributed by atoms with Gasteiger partial charge in [0, 0.05) is 29.9 Å². The van der Waals surface area contributed by atoms with Crippen molar-refractivity contribution >= 4 is 16.8 Å². The van der Waals surface area contributed by atoms with E-state index in [4.69, 9.17) is 4.74 Å². The average molecular weight is 393 g/mol. The van der Waals surface area contributed by atoms with Crippen molar-refractivity contribution in [2.45, 2.75) is 32.1 Å². The fourth-order valence-corrected chi connectivity index (χ4v) is 3.39. The minimum Gasteiger partial charge on any atom is -0.497 e. The van der Waals surface area contributed by atoms with Gasteiger partial charge < -0.3 is 19.6 Å². The van der Waals surface area contributed by atoms with Crippen LogP contribution in [0.4, 0.5) is 13.2 Å². The first-order valence-corrected chi connectivity index (χ1v) is 8.78. The molecule has 0 fully saturated rings. The number of hydrogen-bond acceptors (Lipinski definition) is 4. The Morgan fingerprint density at radius 1 is 1.36 bits per heavy atom. The Morgan fingerprint density at radius 2 is 2.18 bits per heavy atom. The van der Waals surface area contributed by atoms with Crippen LogP contribution in [0.5, 0.6) is 5.75 Å². The molecule has 3 aromatic rings. The Hall–Kier alpha value is -3.04. The van der Waals surface area contributed by atoms with Gasteiger partial charge >= 0.3 is 6.18 Å². The molecule has 2 N–H and O–H groups in total. The smallest absolute Gasteiger partial charge is 0.393 e. The van der Waals surface area contributed by atoms with Gasteiger partial charge in [0.1, 0.15) is 17.3 Å². The predicted molar refractivity (Wildman–Crippen MR) is 93.9 cm³/mol. The number of hydrogen-bond donors (Lipinski definition) is 2. The van der Waals surface area contributed by atoms with Gasteiger partial charge in [-0.25, -0.2) is 0 Å². The van der Waals surface area contributed by atoms with Gasteiger partial charge in [-0.3, -0.25) is 4.79 Å². The molecule has 1 atom stereocenters. The minimum absolute atomic E-state index is 0.00486.